The quantitative estimate of drug-likeness (QED) is 0.432. The van der Waals surface area contributed by atoms with Crippen LogP contribution in [0, 0.1) is 6.92 Å². The topological polar surface area (TPSA) is 21.6 Å². The SMILES string of the molecule is C=C/C(C)=C(C=NC)\C=C(/C)Oc1ccc(C)cc1. The van der Waals surface area contributed by atoms with Crippen molar-refractivity contribution >= 4 is 6.21 Å². The van der Waals surface area contributed by atoms with E-state index in [2.05, 4.69) is 18.5 Å². The van der Waals surface area contributed by atoms with E-state index in [1.165, 1.54) is 5.56 Å². The number of ether oxygens (including phenoxy) is 1. The van der Waals surface area contributed by atoms with Gasteiger partial charge >= 0.3 is 0 Å². The lowest BCUT2D eigenvalue weighted by molar-refractivity contribution is 0.427. The second-order valence-electron chi connectivity index (χ2n) is 4.40. The maximum Gasteiger partial charge on any atom is 0.126 e. The summed E-state index contributed by atoms with van der Waals surface area (Å²) in [6.07, 6.45) is 5.58. The molecule has 0 heterocycles. The van der Waals surface area contributed by atoms with E-state index in [0.29, 0.717) is 0 Å². The minimum atomic E-state index is 0.819. The molecule has 0 amide bonds. The molecule has 0 aliphatic carbocycles. The third-order valence-electron chi connectivity index (χ3n) is 2.69. The molecule has 0 radical (unpaired) electrons. The van der Waals surface area contributed by atoms with Gasteiger partial charge in [-0.3, -0.25) is 4.99 Å². The summed E-state index contributed by atoms with van der Waals surface area (Å²) in [5.74, 6) is 1.66. The van der Waals surface area contributed by atoms with Crippen molar-refractivity contribution in [2.24, 2.45) is 4.99 Å². The third-order valence-corrected chi connectivity index (χ3v) is 2.69. The fraction of sp³-hybridized carbons (Fsp3) is 0.235. The number of aryl methyl sites for hydroxylation is 1. The summed E-state index contributed by atoms with van der Waals surface area (Å²) in [5.41, 5.74) is 3.29. The van der Waals surface area contributed by atoms with Crippen LogP contribution in [0.5, 0.6) is 5.75 Å². The Morgan fingerprint density at radius 2 is 1.84 bits per heavy atom. The molecule has 0 N–H and O–H groups in total. The van der Waals surface area contributed by atoms with Crippen molar-refractivity contribution in [3.63, 3.8) is 0 Å². The van der Waals surface area contributed by atoms with Crippen molar-refractivity contribution in [3.8, 4) is 5.75 Å². The van der Waals surface area contributed by atoms with Crippen molar-refractivity contribution in [1.29, 1.82) is 0 Å². The van der Waals surface area contributed by atoms with Gasteiger partial charge in [-0.05, 0) is 50.1 Å². The van der Waals surface area contributed by atoms with Gasteiger partial charge in [0.25, 0.3) is 0 Å². The van der Waals surface area contributed by atoms with Crippen LogP contribution in [0.25, 0.3) is 0 Å². The fourth-order valence-corrected chi connectivity index (χ4v) is 1.55. The summed E-state index contributed by atoms with van der Waals surface area (Å²) in [4.78, 5) is 4.05. The summed E-state index contributed by atoms with van der Waals surface area (Å²) >= 11 is 0. The molecule has 0 aromatic heterocycles. The van der Waals surface area contributed by atoms with Crippen LogP contribution in [0.4, 0.5) is 0 Å². The van der Waals surface area contributed by atoms with Gasteiger partial charge in [-0.1, -0.05) is 30.4 Å². The van der Waals surface area contributed by atoms with Gasteiger partial charge < -0.3 is 4.74 Å². The van der Waals surface area contributed by atoms with Crippen LogP contribution >= 0.6 is 0 Å². The fourth-order valence-electron chi connectivity index (χ4n) is 1.55. The first-order valence-corrected chi connectivity index (χ1v) is 6.25. The van der Waals surface area contributed by atoms with Crippen LogP contribution in [-0.4, -0.2) is 13.3 Å². The summed E-state index contributed by atoms with van der Waals surface area (Å²) in [6, 6.07) is 7.98. The summed E-state index contributed by atoms with van der Waals surface area (Å²) in [6.45, 7) is 9.76. The summed E-state index contributed by atoms with van der Waals surface area (Å²) < 4.78 is 5.77. The van der Waals surface area contributed by atoms with Crippen LogP contribution in [0.15, 0.2) is 64.9 Å². The highest BCUT2D eigenvalue weighted by Crippen LogP contribution is 2.16. The van der Waals surface area contributed by atoms with Crippen LogP contribution in [0.2, 0.25) is 0 Å². The Bertz CT molecular complexity index is 519. The Morgan fingerprint density at radius 1 is 1.21 bits per heavy atom. The van der Waals surface area contributed by atoms with Crippen molar-refractivity contribution in [1.82, 2.24) is 0 Å². The van der Waals surface area contributed by atoms with Crippen molar-refractivity contribution in [2.45, 2.75) is 20.8 Å². The summed E-state index contributed by atoms with van der Waals surface area (Å²) in [7, 11) is 1.75. The Morgan fingerprint density at radius 3 is 2.37 bits per heavy atom. The van der Waals surface area contributed by atoms with Crippen molar-refractivity contribution in [3.05, 3.63) is 65.5 Å². The molecule has 0 spiro atoms. The van der Waals surface area contributed by atoms with Gasteiger partial charge in [-0.15, -0.1) is 0 Å². The minimum absolute atomic E-state index is 0.819. The number of hydrogen-bond acceptors (Lipinski definition) is 2. The van der Waals surface area contributed by atoms with Gasteiger partial charge in [0.1, 0.15) is 11.5 Å². The highest BCUT2D eigenvalue weighted by atomic mass is 16.5. The number of allylic oxidation sites excluding steroid dienone is 5. The molecule has 0 saturated heterocycles. The number of rotatable bonds is 5. The lowest BCUT2D eigenvalue weighted by atomic mass is 10.1. The van der Waals surface area contributed by atoms with Gasteiger partial charge in [0, 0.05) is 13.3 Å². The molecule has 1 rings (SSSR count). The number of hydrogen-bond donors (Lipinski definition) is 0. The molecule has 1 aromatic rings. The highest BCUT2D eigenvalue weighted by Gasteiger charge is 1.98. The summed E-state index contributed by atoms with van der Waals surface area (Å²) in [5, 5.41) is 0. The highest BCUT2D eigenvalue weighted by molar-refractivity contribution is 5.84. The molecule has 1 aromatic carbocycles. The van der Waals surface area contributed by atoms with Gasteiger partial charge in [0.15, 0.2) is 0 Å². The van der Waals surface area contributed by atoms with E-state index in [0.717, 1.165) is 22.7 Å². The second-order valence-corrected chi connectivity index (χ2v) is 4.40. The molecule has 100 valence electrons. The standard InChI is InChI=1S/C17H21NO/c1-6-14(3)16(12-18-5)11-15(4)19-17-9-7-13(2)8-10-17/h6-12H,1H2,2-5H3/b15-11+,16-14+,18-12?. The lowest BCUT2D eigenvalue weighted by Gasteiger charge is -2.07. The van der Waals surface area contributed by atoms with Gasteiger partial charge in [0.2, 0.25) is 0 Å². The molecule has 0 fully saturated rings. The first-order valence-electron chi connectivity index (χ1n) is 6.25. The predicted octanol–water partition coefficient (Wildman–Crippen LogP) is 4.48. The van der Waals surface area contributed by atoms with Gasteiger partial charge in [-0.2, -0.15) is 0 Å². The maximum absolute atomic E-state index is 5.77. The molecule has 19 heavy (non-hydrogen) atoms. The molecule has 0 aliphatic heterocycles. The van der Waals surface area contributed by atoms with E-state index < -0.39 is 0 Å². The van der Waals surface area contributed by atoms with E-state index in [4.69, 9.17) is 4.74 Å². The first kappa shape index (κ1) is 15.0. The van der Waals surface area contributed by atoms with E-state index in [1.807, 2.05) is 50.3 Å². The average Bonchev–Trinajstić information content (AvgIpc) is 2.40. The van der Waals surface area contributed by atoms with Crippen LogP contribution in [-0.2, 0) is 0 Å². The zero-order chi connectivity index (χ0) is 14.3. The molecule has 0 atom stereocenters. The van der Waals surface area contributed by atoms with Crippen LogP contribution in [0.3, 0.4) is 0 Å². The first-order chi connectivity index (χ1) is 9.06. The molecule has 0 unspecified atom stereocenters. The van der Waals surface area contributed by atoms with E-state index in [-0.39, 0.29) is 0 Å². The van der Waals surface area contributed by atoms with Crippen LogP contribution in [0.1, 0.15) is 19.4 Å². The molecule has 2 heteroatoms. The normalized spacial score (nSPS) is 13.4. The van der Waals surface area contributed by atoms with Crippen LogP contribution < -0.4 is 4.74 Å². The van der Waals surface area contributed by atoms with Gasteiger partial charge in [-0.25, -0.2) is 0 Å². The Balaban J connectivity index is 2.91. The lowest BCUT2D eigenvalue weighted by Crippen LogP contribution is -1.94. The number of aliphatic imine (C=N–C) groups is 1. The van der Waals surface area contributed by atoms with Gasteiger partial charge in [0.05, 0.1) is 0 Å². The van der Waals surface area contributed by atoms with E-state index >= 15 is 0 Å². The number of nitrogens with zero attached hydrogens (tertiary/aromatic N) is 1. The van der Waals surface area contributed by atoms with E-state index in [9.17, 15) is 0 Å². The molecule has 2 nitrogen and oxygen atoms in total. The maximum atomic E-state index is 5.77. The third kappa shape index (κ3) is 4.96. The molecule has 0 aliphatic rings. The molecular formula is C17H21NO. The monoisotopic (exact) mass is 255 g/mol. The Hall–Kier alpha value is -2.09. The second kappa shape index (κ2) is 7.37. The zero-order valence-corrected chi connectivity index (χ0v) is 12.1. The Labute approximate surface area is 115 Å². The largest absolute Gasteiger partial charge is 0.462 e. The molecule has 0 saturated carbocycles. The van der Waals surface area contributed by atoms with E-state index in [1.54, 1.807) is 13.3 Å². The minimum Gasteiger partial charge on any atom is -0.462 e. The Kier molecular flexibility index (Phi) is 5.80. The smallest absolute Gasteiger partial charge is 0.126 e. The predicted molar refractivity (Wildman–Crippen MR) is 82.9 cm³/mol. The van der Waals surface area contributed by atoms with Crippen molar-refractivity contribution in [2.75, 3.05) is 7.05 Å². The zero-order valence-electron chi connectivity index (χ0n) is 12.1. The number of benzene rings is 1. The molecule has 0 bridgehead atoms. The molecular weight excluding hydrogens is 234 g/mol. The van der Waals surface area contributed by atoms with Crippen molar-refractivity contribution < 1.29 is 4.74 Å². The average molecular weight is 255 g/mol.